The van der Waals surface area contributed by atoms with E-state index in [1.165, 1.54) is 12.7 Å². The molecule has 0 saturated heterocycles. The zero-order valence-electron chi connectivity index (χ0n) is 12.9. The summed E-state index contributed by atoms with van der Waals surface area (Å²) < 4.78 is 29.4. The summed E-state index contributed by atoms with van der Waals surface area (Å²) in [5, 5.41) is 3.40. The monoisotopic (exact) mass is 311 g/mol. The van der Waals surface area contributed by atoms with Crippen molar-refractivity contribution in [3.63, 3.8) is 0 Å². The maximum atomic E-state index is 11.6. The summed E-state index contributed by atoms with van der Waals surface area (Å²) in [6.07, 6.45) is 6.59. The van der Waals surface area contributed by atoms with Crippen molar-refractivity contribution in [3.05, 3.63) is 24.3 Å². The van der Waals surface area contributed by atoms with Crippen molar-refractivity contribution in [1.29, 1.82) is 0 Å². The van der Waals surface area contributed by atoms with Crippen LogP contribution in [0.4, 0.5) is 0 Å². The molecule has 1 fully saturated rings. The van der Waals surface area contributed by atoms with Crippen LogP contribution in [0.2, 0.25) is 0 Å². The molecule has 1 aromatic rings. The normalized spacial score (nSPS) is 17.2. The van der Waals surface area contributed by atoms with Crippen LogP contribution in [0.3, 0.4) is 0 Å². The number of rotatable bonds is 8. The molecule has 0 radical (unpaired) electrons. The van der Waals surface area contributed by atoms with Crippen molar-refractivity contribution in [1.82, 2.24) is 5.32 Å². The Balaban J connectivity index is 2.01. The first-order chi connectivity index (χ1) is 9.95. The molecule has 5 heteroatoms. The van der Waals surface area contributed by atoms with E-state index in [-0.39, 0.29) is 5.60 Å². The van der Waals surface area contributed by atoms with Crippen LogP contribution in [0, 0.1) is 0 Å². The highest BCUT2D eigenvalue weighted by Gasteiger charge is 2.38. The summed E-state index contributed by atoms with van der Waals surface area (Å²) in [6, 6.07) is 6.83. The third-order valence-electron chi connectivity index (χ3n) is 4.02. The van der Waals surface area contributed by atoms with Crippen LogP contribution in [0.25, 0.3) is 0 Å². The molecule has 1 N–H and O–H groups in total. The number of nitrogens with one attached hydrogen (secondary N) is 1. The molecule has 2 rings (SSSR count). The van der Waals surface area contributed by atoms with Gasteiger partial charge < -0.3 is 10.1 Å². The lowest BCUT2D eigenvalue weighted by molar-refractivity contribution is -0.0143. The Morgan fingerprint density at radius 3 is 2.62 bits per heavy atom. The highest BCUT2D eigenvalue weighted by molar-refractivity contribution is 7.90. The average Bonchev–Trinajstić information content (AvgIpc) is 2.40. The molecular formula is C16H25NO3S. The average molecular weight is 311 g/mol. The second kappa shape index (κ2) is 6.79. The van der Waals surface area contributed by atoms with Crippen molar-refractivity contribution in [2.45, 2.75) is 49.5 Å². The highest BCUT2D eigenvalue weighted by atomic mass is 32.2. The van der Waals surface area contributed by atoms with Crippen LogP contribution in [0.15, 0.2) is 29.2 Å². The Bertz CT molecular complexity index is 565. The molecule has 4 nitrogen and oxygen atoms in total. The summed E-state index contributed by atoms with van der Waals surface area (Å²) in [7, 11) is -3.19. The van der Waals surface area contributed by atoms with Crippen molar-refractivity contribution in [2.24, 2.45) is 0 Å². The highest BCUT2D eigenvalue weighted by Crippen LogP contribution is 2.39. The first-order valence-electron chi connectivity index (χ1n) is 7.65. The van der Waals surface area contributed by atoms with Gasteiger partial charge in [-0.3, -0.25) is 0 Å². The molecule has 0 atom stereocenters. The topological polar surface area (TPSA) is 55.4 Å². The summed E-state index contributed by atoms with van der Waals surface area (Å²) >= 11 is 0. The lowest BCUT2D eigenvalue weighted by atomic mass is 9.77. The Morgan fingerprint density at radius 2 is 2.05 bits per heavy atom. The van der Waals surface area contributed by atoms with E-state index in [1.54, 1.807) is 18.2 Å². The summed E-state index contributed by atoms with van der Waals surface area (Å²) in [6.45, 7) is 4.12. The van der Waals surface area contributed by atoms with E-state index in [4.69, 9.17) is 4.74 Å². The molecule has 21 heavy (non-hydrogen) atoms. The smallest absolute Gasteiger partial charge is 0.175 e. The van der Waals surface area contributed by atoms with Crippen molar-refractivity contribution < 1.29 is 13.2 Å². The zero-order chi connectivity index (χ0) is 15.3. The minimum Gasteiger partial charge on any atom is -0.487 e. The van der Waals surface area contributed by atoms with Gasteiger partial charge in [0.25, 0.3) is 0 Å². The standard InChI is InChI=1S/C16H25NO3S/c1-3-11-17-12-10-16(8-5-9-16)20-14-6-4-7-15(13-14)21(2,18)19/h4,6-7,13,17H,3,5,8-12H2,1-2H3. The van der Waals surface area contributed by atoms with Gasteiger partial charge in [-0.15, -0.1) is 0 Å². The van der Waals surface area contributed by atoms with Crippen molar-refractivity contribution in [2.75, 3.05) is 19.3 Å². The third-order valence-corrected chi connectivity index (χ3v) is 5.13. The molecule has 118 valence electrons. The van der Waals surface area contributed by atoms with Gasteiger partial charge in [0.05, 0.1) is 4.90 Å². The van der Waals surface area contributed by atoms with Crippen molar-refractivity contribution >= 4 is 9.84 Å². The number of sulfone groups is 1. The lowest BCUT2D eigenvalue weighted by Gasteiger charge is -2.42. The molecular weight excluding hydrogens is 286 g/mol. The predicted octanol–water partition coefficient (Wildman–Crippen LogP) is 2.78. The Kier molecular flexibility index (Phi) is 5.27. The number of hydrogen-bond donors (Lipinski definition) is 1. The van der Waals surface area contributed by atoms with Crippen LogP contribution < -0.4 is 10.1 Å². The molecule has 1 aromatic carbocycles. The first-order valence-corrected chi connectivity index (χ1v) is 9.54. The van der Waals surface area contributed by atoms with E-state index >= 15 is 0 Å². The predicted molar refractivity (Wildman–Crippen MR) is 84.5 cm³/mol. The fraction of sp³-hybridized carbons (Fsp3) is 0.625. The minimum atomic E-state index is -3.19. The van der Waals surface area contributed by atoms with Crippen LogP contribution in [0.5, 0.6) is 5.75 Å². The SMILES string of the molecule is CCCNCCC1(Oc2cccc(S(C)(=O)=O)c2)CCC1. The molecule has 0 aromatic heterocycles. The molecule has 0 heterocycles. The summed E-state index contributed by atoms with van der Waals surface area (Å²) in [4.78, 5) is 0.318. The van der Waals surface area contributed by atoms with Crippen LogP contribution >= 0.6 is 0 Å². The molecule has 0 spiro atoms. The Hall–Kier alpha value is -1.07. The summed E-state index contributed by atoms with van der Waals surface area (Å²) in [5.41, 5.74) is -0.114. The van der Waals surface area contributed by atoms with Gasteiger partial charge in [-0.2, -0.15) is 0 Å². The van der Waals surface area contributed by atoms with Crippen LogP contribution in [-0.2, 0) is 9.84 Å². The fourth-order valence-electron chi connectivity index (χ4n) is 2.61. The number of ether oxygens (including phenoxy) is 1. The van der Waals surface area contributed by atoms with E-state index in [9.17, 15) is 8.42 Å². The Labute approximate surface area is 127 Å². The minimum absolute atomic E-state index is 0.114. The van der Waals surface area contributed by atoms with Gasteiger partial charge in [0.15, 0.2) is 9.84 Å². The van der Waals surface area contributed by atoms with Gasteiger partial charge >= 0.3 is 0 Å². The second-order valence-electron chi connectivity index (χ2n) is 5.89. The van der Waals surface area contributed by atoms with Gasteiger partial charge in [0, 0.05) is 6.26 Å². The van der Waals surface area contributed by atoms with E-state index in [1.807, 2.05) is 6.07 Å². The van der Waals surface area contributed by atoms with E-state index in [2.05, 4.69) is 12.2 Å². The molecule has 1 aliphatic rings. The maximum Gasteiger partial charge on any atom is 0.175 e. The van der Waals surface area contributed by atoms with Crippen LogP contribution in [0.1, 0.15) is 39.0 Å². The van der Waals surface area contributed by atoms with Gasteiger partial charge in [-0.25, -0.2) is 8.42 Å². The number of hydrogen-bond acceptors (Lipinski definition) is 4. The lowest BCUT2D eigenvalue weighted by Crippen LogP contribution is -2.45. The van der Waals surface area contributed by atoms with Crippen LogP contribution in [-0.4, -0.2) is 33.4 Å². The second-order valence-corrected chi connectivity index (χ2v) is 7.90. The largest absolute Gasteiger partial charge is 0.487 e. The Morgan fingerprint density at radius 1 is 1.29 bits per heavy atom. The quantitative estimate of drug-likeness (QED) is 0.750. The molecule has 0 aliphatic heterocycles. The molecule has 0 amide bonds. The summed E-state index contributed by atoms with van der Waals surface area (Å²) in [5.74, 6) is 0.660. The first kappa shape index (κ1) is 16.3. The third kappa shape index (κ3) is 4.45. The van der Waals surface area contributed by atoms with Gasteiger partial charge in [-0.05, 0) is 63.4 Å². The van der Waals surface area contributed by atoms with Gasteiger partial charge in [0.2, 0.25) is 0 Å². The zero-order valence-corrected chi connectivity index (χ0v) is 13.7. The maximum absolute atomic E-state index is 11.6. The molecule has 1 saturated carbocycles. The van der Waals surface area contributed by atoms with Gasteiger partial charge in [-0.1, -0.05) is 13.0 Å². The van der Waals surface area contributed by atoms with Gasteiger partial charge in [0.1, 0.15) is 11.4 Å². The molecule has 0 bridgehead atoms. The molecule has 1 aliphatic carbocycles. The molecule has 0 unspecified atom stereocenters. The van der Waals surface area contributed by atoms with E-state index in [0.717, 1.165) is 38.8 Å². The van der Waals surface area contributed by atoms with E-state index < -0.39 is 9.84 Å². The van der Waals surface area contributed by atoms with E-state index in [0.29, 0.717) is 10.6 Å². The van der Waals surface area contributed by atoms with Crippen molar-refractivity contribution in [3.8, 4) is 5.75 Å². The number of benzene rings is 1. The fourth-order valence-corrected chi connectivity index (χ4v) is 3.27.